The van der Waals surface area contributed by atoms with E-state index in [9.17, 15) is 0 Å². The number of halogens is 1. The Kier molecular flexibility index (Phi) is 8.14. The van der Waals surface area contributed by atoms with Crippen LogP contribution in [0.2, 0.25) is 0 Å². The van der Waals surface area contributed by atoms with Crippen LogP contribution in [0.25, 0.3) is 0 Å². The summed E-state index contributed by atoms with van der Waals surface area (Å²) in [6.45, 7) is 6.80. The third kappa shape index (κ3) is 5.24. The van der Waals surface area contributed by atoms with E-state index in [2.05, 4.69) is 30.4 Å². The van der Waals surface area contributed by atoms with Crippen LogP contribution >= 0.6 is 24.0 Å². The van der Waals surface area contributed by atoms with Gasteiger partial charge in [-0.05, 0) is 32.4 Å². The molecule has 2 N–H and O–H groups in total. The van der Waals surface area contributed by atoms with Crippen molar-refractivity contribution in [3.05, 3.63) is 29.8 Å². The molecule has 1 aromatic heterocycles. The summed E-state index contributed by atoms with van der Waals surface area (Å²) < 4.78 is 13.1. The number of anilines is 1. The largest absolute Gasteiger partial charge is 0.493 e. The van der Waals surface area contributed by atoms with Crippen LogP contribution in [-0.4, -0.2) is 41.0 Å². The Morgan fingerprint density at radius 3 is 2.85 bits per heavy atom. The van der Waals surface area contributed by atoms with Crippen molar-refractivity contribution in [3.8, 4) is 11.5 Å². The van der Waals surface area contributed by atoms with Crippen LogP contribution in [0.15, 0.2) is 23.2 Å². The van der Waals surface area contributed by atoms with E-state index in [1.807, 2.05) is 32.0 Å². The molecule has 2 aromatic rings. The van der Waals surface area contributed by atoms with Crippen molar-refractivity contribution >= 4 is 35.6 Å². The molecule has 0 saturated carbocycles. The van der Waals surface area contributed by atoms with Gasteiger partial charge in [0.1, 0.15) is 12.4 Å². The zero-order valence-electron chi connectivity index (χ0n) is 16.0. The van der Waals surface area contributed by atoms with E-state index in [-0.39, 0.29) is 24.0 Å². The number of fused-ring (bicyclic) bond motifs is 1. The molecule has 0 bridgehead atoms. The molecule has 0 aliphatic carbocycles. The van der Waals surface area contributed by atoms with Crippen LogP contribution < -0.4 is 20.1 Å². The normalized spacial score (nSPS) is 12.9. The van der Waals surface area contributed by atoms with E-state index in [1.54, 1.807) is 7.11 Å². The van der Waals surface area contributed by atoms with Gasteiger partial charge in [0.25, 0.3) is 0 Å². The van der Waals surface area contributed by atoms with Gasteiger partial charge in [0.2, 0.25) is 0 Å². The molecule has 9 heteroatoms. The fourth-order valence-corrected chi connectivity index (χ4v) is 2.94. The molecule has 3 rings (SSSR count). The van der Waals surface area contributed by atoms with Gasteiger partial charge < -0.3 is 24.7 Å². The molecule has 1 aliphatic rings. The van der Waals surface area contributed by atoms with Crippen LogP contribution in [0.4, 0.5) is 5.69 Å². The van der Waals surface area contributed by atoms with Gasteiger partial charge in [0.05, 0.1) is 13.7 Å². The Hall–Kier alpha value is -2.04. The Balaban J connectivity index is 0.00000261. The zero-order valence-corrected chi connectivity index (χ0v) is 18.3. The topological polar surface area (TPSA) is 85.6 Å². The smallest absolute Gasteiger partial charge is 0.196 e. The van der Waals surface area contributed by atoms with Crippen LogP contribution in [0.1, 0.15) is 31.9 Å². The first-order valence-electron chi connectivity index (χ1n) is 9.02. The molecule has 27 heavy (non-hydrogen) atoms. The van der Waals surface area contributed by atoms with Gasteiger partial charge in [-0.15, -0.1) is 34.2 Å². The molecular formula is C18H27IN6O2. The Labute approximate surface area is 176 Å². The van der Waals surface area contributed by atoms with Gasteiger partial charge in [-0.3, -0.25) is 0 Å². The van der Waals surface area contributed by atoms with Crippen molar-refractivity contribution in [2.24, 2.45) is 4.99 Å². The average molecular weight is 486 g/mol. The predicted molar refractivity (Wildman–Crippen MR) is 116 cm³/mol. The van der Waals surface area contributed by atoms with Crippen molar-refractivity contribution in [3.63, 3.8) is 0 Å². The third-order valence-electron chi connectivity index (χ3n) is 4.14. The molecule has 0 unspecified atom stereocenters. The molecule has 148 valence electrons. The lowest BCUT2D eigenvalue weighted by Gasteiger charge is -2.14. The van der Waals surface area contributed by atoms with Gasteiger partial charge in [0.15, 0.2) is 23.3 Å². The number of aliphatic imine (C=N–C) groups is 1. The summed E-state index contributed by atoms with van der Waals surface area (Å²) in [7, 11) is 1.63. The number of ether oxygens (including phenoxy) is 2. The second kappa shape index (κ2) is 10.3. The van der Waals surface area contributed by atoms with Crippen LogP contribution in [0.5, 0.6) is 11.5 Å². The summed E-state index contributed by atoms with van der Waals surface area (Å²) in [6, 6.07) is 5.72. The molecule has 0 saturated heterocycles. The summed E-state index contributed by atoms with van der Waals surface area (Å²) in [5, 5.41) is 15.0. The van der Waals surface area contributed by atoms with E-state index in [0.717, 1.165) is 49.0 Å². The number of methoxy groups -OCH3 is 1. The SMILES string of the molecule is CCNC(=NCc1nnc2n1CCC2)Nc1ccc(OCC)c(OC)c1.I. The van der Waals surface area contributed by atoms with Crippen molar-refractivity contribution in [1.82, 2.24) is 20.1 Å². The van der Waals surface area contributed by atoms with E-state index in [1.165, 1.54) is 0 Å². The lowest BCUT2D eigenvalue weighted by atomic mass is 10.2. The van der Waals surface area contributed by atoms with E-state index in [4.69, 9.17) is 9.47 Å². The maximum Gasteiger partial charge on any atom is 0.196 e. The highest BCUT2D eigenvalue weighted by Crippen LogP contribution is 2.30. The molecule has 0 atom stereocenters. The van der Waals surface area contributed by atoms with Crippen molar-refractivity contribution in [2.75, 3.05) is 25.6 Å². The first kappa shape index (κ1) is 21.3. The van der Waals surface area contributed by atoms with Crippen LogP contribution in [-0.2, 0) is 19.5 Å². The number of guanidine groups is 1. The minimum atomic E-state index is 0. The molecule has 1 aromatic carbocycles. The standard InChI is InChI=1S/C18H26N6O2.HI/c1-4-19-18(20-12-17-23-22-16-7-6-10-24(16)17)21-13-8-9-14(26-5-2)15(11-13)25-3;/h8-9,11H,4-7,10,12H2,1-3H3,(H2,19,20,21);1H. The van der Waals surface area contributed by atoms with Crippen molar-refractivity contribution in [1.29, 1.82) is 0 Å². The van der Waals surface area contributed by atoms with E-state index < -0.39 is 0 Å². The number of hydrogen-bond acceptors (Lipinski definition) is 5. The summed E-state index contributed by atoms with van der Waals surface area (Å²) >= 11 is 0. The average Bonchev–Trinajstić information content (AvgIpc) is 3.25. The molecule has 0 radical (unpaired) electrons. The molecule has 8 nitrogen and oxygen atoms in total. The van der Waals surface area contributed by atoms with Crippen LogP contribution in [0, 0.1) is 0 Å². The maximum atomic E-state index is 5.56. The zero-order chi connectivity index (χ0) is 18.4. The first-order chi connectivity index (χ1) is 12.7. The highest BCUT2D eigenvalue weighted by molar-refractivity contribution is 14.0. The molecular weight excluding hydrogens is 459 g/mol. The molecule has 0 spiro atoms. The van der Waals surface area contributed by atoms with E-state index >= 15 is 0 Å². The molecule has 1 aliphatic heterocycles. The van der Waals surface area contributed by atoms with Gasteiger partial charge in [-0.2, -0.15) is 0 Å². The third-order valence-corrected chi connectivity index (χ3v) is 4.14. The van der Waals surface area contributed by atoms with Gasteiger partial charge in [-0.25, -0.2) is 4.99 Å². The lowest BCUT2D eigenvalue weighted by Crippen LogP contribution is -2.30. The van der Waals surface area contributed by atoms with E-state index in [0.29, 0.717) is 24.9 Å². The highest BCUT2D eigenvalue weighted by Gasteiger charge is 2.16. The minimum absolute atomic E-state index is 0. The number of nitrogens with zero attached hydrogens (tertiary/aromatic N) is 4. The number of aryl methyl sites for hydroxylation is 1. The summed E-state index contributed by atoms with van der Waals surface area (Å²) in [5.41, 5.74) is 0.872. The Morgan fingerprint density at radius 1 is 1.26 bits per heavy atom. The predicted octanol–water partition coefficient (Wildman–Crippen LogP) is 2.83. The fraction of sp³-hybridized carbons (Fsp3) is 0.500. The van der Waals surface area contributed by atoms with Crippen molar-refractivity contribution in [2.45, 2.75) is 39.8 Å². The second-order valence-electron chi connectivity index (χ2n) is 5.91. The number of hydrogen-bond donors (Lipinski definition) is 2. The first-order valence-corrected chi connectivity index (χ1v) is 9.02. The lowest BCUT2D eigenvalue weighted by molar-refractivity contribution is 0.311. The Morgan fingerprint density at radius 2 is 2.11 bits per heavy atom. The molecule has 0 amide bonds. The summed E-state index contributed by atoms with van der Waals surface area (Å²) in [4.78, 5) is 4.64. The van der Waals surface area contributed by atoms with Gasteiger partial charge >= 0.3 is 0 Å². The highest BCUT2D eigenvalue weighted by atomic mass is 127. The monoisotopic (exact) mass is 486 g/mol. The number of aromatic nitrogens is 3. The Bertz CT molecular complexity index is 777. The number of nitrogens with one attached hydrogen (secondary N) is 2. The minimum Gasteiger partial charge on any atom is -0.493 e. The molecule has 2 heterocycles. The maximum absolute atomic E-state index is 5.56. The van der Waals surface area contributed by atoms with Crippen LogP contribution in [0.3, 0.4) is 0 Å². The molecule has 0 fully saturated rings. The van der Waals surface area contributed by atoms with Gasteiger partial charge in [-0.1, -0.05) is 0 Å². The van der Waals surface area contributed by atoms with Gasteiger partial charge in [0, 0.05) is 31.3 Å². The quantitative estimate of drug-likeness (QED) is 0.356. The summed E-state index contributed by atoms with van der Waals surface area (Å²) in [5.74, 6) is 4.06. The summed E-state index contributed by atoms with van der Waals surface area (Å²) in [6.07, 6.45) is 2.13. The number of benzene rings is 1. The second-order valence-corrected chi connectivity index (χ2v) is 5.91. The van der Waals surface area contributed by atoms with Crippen molar-refractivity contribution < 1.29 is 9.47 Å². The number of rotatable bonds is 7. The fourth-order valence-electron chi connectivity index (χ4n) is 2.94.